The van der Waals surface area contributed by atoms with Crippen LogP contribution in [0, 0.1) is 6.92 Å². The molecule has 2 aromatic heterocycles. The number of hydrogen-bond donors (Lipinski definition) is 0. The maximum Gasteiger partial charge on any atom is 0.157 e. The summed E-state index contributed by atoms with van der Waals surface area (Å²) >= 11 is 0. The van der Waals surface area contributed by atoms with Crippen LogP contribution in [0.4, 0.5) is 0 Å². The van der Waals surface area contributed by atoms with Gasteiger partial charge < -0.3 is 0 Å². The largest absolute Gasteiger partial charge is 0.264 e. The predicted octanol–water partition coefficient (Wildman–Crippen LogP) is 3.22. The second-order valence-corrected chi connectivity index (χ2v) is 9.81. The molecule has 0 saturated heterocycles. The quantitative estimate of drug-likeness (QED) is 0.850. The first-order chi connectivity index (χ1) is 11.2. The summed E-state index contributed by atoms with van der Waals surface area (Å²) in [5.41, 5.74) is 3.98. The average Bonchev–Trinajstić information content (AvgIpc) is 3.31. The third kappa shape index (κ3) is 3.64. The van der Waals surface area contributed by atoms with Crippen molar-refractivity contribution >= 4 is 9.84 Å². The van der Waals surface area contributed by atoms with E-state index in [4.69, 9.17) is 4.98 Å². The minimum Gasteiger partial charge on any atom is -0.264 e. The van der Waals surface area contributed by atoms with Crippen molar-refractivity contribution in [2.24, 2.45) is 0 Å². The zero-order valence-corrected chi connectivity index (χ0v) is 15.4. The molecule has 1 aliphatic rings. The summed E-state index contributed by atoms with van der Waals surface area (Å²) in [5.74, 6) is 0.0456. The van der Waals surface area contributed by atoms with Gasteiger partial charge in [-0.05, 0) is 31.4 Å². The van der Waals surface area contributed by atoms with Crippen LogP contribution in [0.1, 0.15) is 50.6 Å². The van der Waals surface area contributed by atoms with Gasteiger partial charge in [-0.2, -0.15) is 0 Å². The number of aryl methyl sites for hydroxylation is 1. The van der Waals surface area contributed by atoms with E-state index in [1.165, 1.54) is 0 Å². The Kier molecular flexibility index (Phi) is 4.20. The number of hydrogen-bond acceptors (Lipinski definition) is 5. The van der Waals surface area contributed by atoms with Crippen LogP contribution in [-0.4, -0.2) is 28.6 Å². The molecule has 0 atom stereocenters. The lowest BCUT2D eigenvalue weighted by atomic mass is 9.90. The highest BCUT2D eigenvalue weighted by atomic mass is 32.2. The van der Waals surface area contributed by atoms with E-state index in [0.717, 1.165) is 35.5 Å². The lowest BCUT2D eigenvalue weighted by molar-refractivity contribution is 0.560. The van der Waals surface area contributed by atoms with Gasteiger partial charge in [0.1, 0.15) is 0 Å². The maximum atomic E-state index is 12.2. The van der Waals surface area contributed by atoms with E-state index in [-0.39, 0.29) is 16.4 Å². The summed E-state index contributed by atoms with van der Waals surface area (Å²) in [6.45, 7) is 8.26. The highest BCUT2D eigenvalue weighted by Gasteiger charge is 2.35. The molecule has 0 amide bonds. The first-order valence-corrected chi connectivity index (χ1v) is 9.88. The van der Waals surface area contributed by atoms with E-state index < -0.39 is 9.84 Å². The van der Waals surface area contributed by atoms with Crippen LogP contribution in [0.2, 0.25) is 0 Å². The molecule has 128 valence electrons. The summed E-state index contributed by atoms with van der Waals surface area (Å²) in [6, 6.07) is 1.86. The van der Waals surface area contributed by atoms with E-state index in [0.29, 0.717) is 5.56 Å². The Morgan fingerprint density at radius 2 is 1.88 bits per heavy atom. The van der Waals surface area contributed by atoms with Crippen molar-refractivity contribution in [3.8, 4) is 11.3 Å². The van der Waals surface area contributed by atoms with Gasteiger partial charge in [0.25, 0.3) is 0 Å². The van der Waals surface area contributed by atoms with E-state index in [9.17, 15) is 8.42 Å². The fraction of sp³-hybridized carbons (Fsp3) is 0.500. The monoisotopic (exact) mass is 345 g/mol. The fourth-order valence-corrected chi connectivity index (χ4v) is 4.50. The topological polar surface area (TPSA) is 72.8 Å². The summed E-state index contributed by atoms with van der Waals surface area (Å²) in [6.07, 6.45) is 6.62. The van der Waals surface area contributed by atoms with Crippen LogP contribution in [0.15, 0.2) is 24.7 Å². The molecule has 0 aliphatic heterocycles. The predicted molar refractivity (Wildman–Crippen MR) is 94.3 cm³/mol. The molecule has 0 N–H and O–H groups in total. The Balaban J connectivity index is 1.94. The molecule has 0 spiro atoms. The van der Waals surface area contributed by atoms with Crippen molar-refractivity contribution in [3.05, 3.63) is 41.6 Å². The number of aromatic nitrogens is 3. The fourth-order valence-electron chi connectivity index (χ4n) is 2.78. The SMILES string of the molecule is Cc1ncc(-c2cncc(CS(=O)(=O)C3CC3)c2)nc1C(C)(C)C. The Labute approximate surface area is 143 Å². The van der Waals surface area contributed by atoms with Crippen LogP contribution in [0.5, 0.6) is 0 Å². The van der Waals surface area contributed by atoms with Gasteiger partial charge in [-0.3, -0.25) is 9.97 Å². The molecule has 2 aromatic rings. The summed E-state index contributed by atoms with van der Waals surface area (Å²) in [5, 5.41) is -0.159. The van der Waals surface area contributed by atoms with Crippen LogP contribution in [0.25, 0.3) is 11.3 Å². The van der Waals surface area contributed by atoms with Gasteiger partial charge >= 0.3 is 0 Å². The molecule has 0 aromatic carbocycles. The number of sulfone groups is 1. The summed E-state index contributed by atoms with van der Waals surface area (Å²) < 4.78 is 24.4. The summed E-state index contributed by atoms with van der Waals surface area (Å²) in [7, 11) is -3.05. The first-order valence-electron chi connectivity index (χ1n) is 8.17. The highest BCUT2D eigenvalue weighted by molar-refractivity contribution is 7.91. The average molecular weight is 345 g/mol. The maximum absolute atomic E-state index is 12.2. The van der Waals surface area contributed by atoms with E-state index in [2.05, 4.69) is 30.7 Å². The van der Waals surface area contributed by atoms with Gasteiger partial charge in [-0.1, -0.05) is 20.8 Å². The Bertz CT molecular complexity index is 866. The molecular formula is C18H23N3O2S. The Morgan fingerprint density at radius 3 is 2.50 bits per heavy atom. The van der Waals surface area contributed by atoms with Crippen molar-refractivity contribution in [1.82, 2.24) is 15.0 Å². The number of pyridine rings is 1. The molecule has 6 heteroatoms. The van der Waals surface area contributed by atoms with E-state index in [1.54, 1.807) is 18.6 Å². The molecule has 3 rings (SSSR count). The normalized spacial score (nSPS) is 15.5. The third-order valence-corrected chi connectivity index (χ3v) is 6.38. The third-order valence-electron chi connectivity index (χ3n) is 4.16. The van der Waals surface area contributed by atoms with Gasteiger partial charge in [0.15, 0.2) is 9.84 Å². The van der Waals surface area contributed by atoms with Crippen molar-refractivity contribution in [3.63, 3.8) is 0 Å². The number of rotatable bonds is 4. The number of nitrogens with zero attached hydrogens (tertiary/aromatic N) is 3. The minimum atomic E-state index is -3.05. The van der Waals surface area contributed by atoms with Crippen molar-refractivity contribution in [1.29, 1.82) is 0 Å². The minimum absolute atomic E-state index is 0.0456. The molecule has 0 radical (unpaired) electrons. The molecular weight excluding hydrogens is 322 g/mol. The lowest BCUT2D eigenvalue weighted by Crippen LogP contribution is -2.17. The Hall–Kier alpha value is -1.82. The molecule has 0 bridgehead atoms. The molecule has 1 fully saturated rings. The standard InChI is InChI=1S/C18H23N3O2S/c1-12-17(18(2,3)4)21-16(10-20-12)14-7-13(8-19-9-14)11-24(22,23)15-5-6-15/h7-10,15H,5-6,11H2,1-4H3. The van der Waals surface area contributed by atoms with Gasteiger partial charge in [0, 0.05) is 23.4 Å². The van der Waals surface area contributed by atoms with Gasteiger partial charge in [-0.25, -0.2) is 13.4 Å². The van der Waals surface area contributed by atoms with Gasteiger partial charge in [-0.15, -0.1) is 0 Å². The molecule has 1 aliphatic carbocycles. The van der Waals surface area contributed by atoms with Crippen LogP contribution >= 0.6 is 0 Å². The zero-order valence-electron chi connectivity index (χ0n) is 14.6. The first kappa shape index (κ1) is 17.0. The summed E-state index contributed by atoms with van der Waals surface area (Å²) in [4.78, 5) is 13.4. The molecule has 5 nitrogen and oxygen atoms in total. The molecule has 0 unspecified atom stereocenters. The highest BCUT2D eigenvalue weighted by Crippen LogP contribution is 2.31. The van der Waals surface area contributed by atoms with Gasteiger partial charge in [0.2, 0.25) is 0 Å². The zero-order chi connectivity index (χ0) is 17.5. The van der Waals surface area contributed by atoms with Crippen LogP contribution in [-0.2, 0) is 21.0 Å². The van der Waals surface area contributed by atoms with E-state index in [1.807, 2.05) is 13.0 Å². The molecule has 2 heterocycles. The molecule has 24 heavy (non-hydrogen) atoms. The van der Waals surface area contributed by atoms with Crippen LogP contribution in [0.3, 0.4) is 0 Å². The second kappa shape index (κ2) is 5.92. The van der Waals surface area contributed by atoms with Crippen molar-refractivity contribution in [2.75, 3.05) is 0 Å². The lowest BCUT2D eigenvalue weighted by Gasteiger charge is -2.20. The van der Waals surface area contributed by atoms with Crippen molar-refractivity contribution in [2.45, 2.75) is 57.0 Å². The van der Waals surface area contributed by atoms with Gasteiger partial charge in [0.05, 0.1) is 34.3 Å². The molecule has 1 saturated carbocycles. The van der Waals surface area contributed by atoms with Crippen molar-refractivity contribution < 1.29 is 8.42 Å². The van der Waals surface area contributed by atoms with Crippen LogP contribution < -0.4 is 0 Å². The van der Waals surface area contributed by atoms with E-state index >= 15 is 0 Å². The Morgan fingerprint density at radius 1 is 1.17 bits per heavy atom. The second-order valence-electron chi connectivity index (χ2n) is 7.53. The smallest absolute Gasteiger partial charge is 0.157 e.